The predicted molar refractivity (Wildman–Crippen MR) is 88.4 cm³/mol. The Hall–Kier alpha value is -1.46. The molecule has 1 saturated heterocycles. The van der Waals surface area contributed by atoms with Crippen LogP contribution < -0.4 is 5.32 Å². The third-order valence-corrected chi connectivity index (χ3v) is 4.35. The van der Waals surface area contributed by atoms with Gasteiger partial charge in [-0.1, -0.05) is 19.1 Å². The number of carbonyl (C=O) groups excluding carboxylic acids is 1. The van der Waals surface area contributed by atoms with Crippen LogP contribution in [0.25, 0.3) is 0 Å². The molecule has 5 heteroatoms. The van der Waals surface area contributed by atoms with Crippen LogP contribution in [0.15, 0.2) is 24.3 Å². The van der Waals surface area contributed by atoms with Gasteiger partial charge in [0.05, 0.1) is 6.10 Å². The van der Waals surface area contributed by atoms with Gasteiger partial charge in [-0.15, -0.1) is 0 Å². The Morgan fingerprint density at radius 3 is 2.87 bits per heavy atom. The summed E-state index contributed by atoms with van der Waals surface area (Å²) >= 11 is 0. The first-order valence-corrected chi connectivity index (χ1v) is 8.51. The molecule has 1 aliphatic heterocycles. The molecule has 1 aromatic carbocycles. The largest absolute Gasteiger partial charge is 0.387 e. The van der Waals surface area contributed by atoms with E-state index < -0.39 is 6.10 Å². The molecule has 1 heterocycles. The zero-order chi connectivity index (χ0) is 16.7. The van der Waals surface area contributed by atoms with Crippen molar-refractivity contribution in [3.05, 3.63) is 35.6 Å². The van der Waals surface area contributed by atoms with Crippen LogP contribution in [-0.2, 0) is 4.79 Å². The maximum atomic E-state index is 12.9. The van der Waals surface area contributed by atoms with E-state index in [1.54, 1.807) is 12.1 Å². The highest BCUT2D eigenvalue weighted by molar-refractivity contribution is 5.75. The van der Waals surface area contributed by atoms with Crippen LogP contribution in [0.4, 0.5) is 4.39 Å². The Labute approximate surface area is 137 Å². The average Bonchev–Trinajstić information content (AvgIpc) is 2.54. The molecule has 4 nitrogen and oxygen atoms in total. The number of aliphatic hydroxyl groups is 1. The standard InChI is InChI=1S/C18H27FN2O2/c1-2-4-18(23)20-11-14-5-3-10-21(12-14)13-17(22)15-6-8-16(19)9-7-15/h6-9,14,17,22H,2-5,10-13H2,1H3,(H,20,23). The van der Waals surface area contributed by atoms with Gasteiger partial charge in [-0.3, -0.25) is 4.79 Å². The first-order chi connectivity index (χ1) is 11.1. The molecule has 0 bridgehead atoms. The van der Waals surface area contributed by atoms with Crippen LogP contribution in [0.3, 0.4) is 0 Å². The van der Waals surface area contributed by atoms with Crippen molar-refractivity contribution in [3.63, 3.8) is 0 Å². The predicted octanol–water partition coefficient (Wildman–Crippen LogP) is 2.49. The number of nitrogens with one attached hydrogen (secondary N) is 1. The Morgan fingerprint density at radius 2 is 2.17 bits per heavy atom. The number of hydrogen-bond donors (Lipinski definition) is 2. The number of carbonyl (C=O) groups is 1. The van der Waals surface area contributed by atoms with Gasteiger partial charge in [0.25, 0.3) is 0 Å². The summed E-state index contributed by atoms with van der Waals surface area (Å²) in [6.45, 7) is 5.09. The lowest BCUT2D eigenvalue weighted by Crippen LogP contribution is -2.42. The number of benzene rings is 1. The summed E-state index contributed by atoms with van der Waals surface area (Å²) < 4.78 is 12.9. The van der Waals surface area contributed by atoms with Crippen LogP contribution in [0.2, 0.25) is 0 Å². The monoisotopic (exact) mass is 322 g/mol. The minimum atomic E-state index is -0.607. The second-order valence-corrected chi connectivity index (χ2v) is 6.39. The molecule has 1 aromatic rings. The van der Waals surface area contributed by atoms with E-state index in [1.165, 1.54) is 12.1 Å². The summed E-state index contributed by atoms with van der Waals surface area (Å²) in [6.07, 6.45) is 3.02. The van der Waals surface area contributed by atoms with Crippen molar-refractivity contribution in [2.75, 3.05) is 26.2 Å². The Kier molecular flexibility index (Phi) is 6.99. The van der Waals surface area contributed by atoms with Crippen molar-refractivity contribution in [2.24, 2.45) is 5.92 Å². The van der Waals surface area contributed by atoms with Gasteiger partial charge in [0.15, 0.2) is 0 Å². The van der Waals surface area contributed by atoms with Gasteiger partial charge in [-0.25, -0.2) is 4.39 Å². The van der Waals surface area contributed by atoms with E-state index in [2.05, 4.69) is 10.2 Å². The normalized spacial score (nSPS) is 20.2. The number of β-amino-alcohol motifs (C(OH)–C–C–N with tert-alkyl or cyclic N) is 1. The minimum Gasteiger partial charge on any atom is -0.387 e. The maximum absolute atomic E-state index is 12.9. The molecule has 2 N–H and O–H groups in total. The van der Waals surface area contributed by atoms with Gasteiger partial charge >= 0.3 is 0 Å². The topological polar surface area (TPSA) is 52.6 Å². The molecular formula is C18H27FN2O2. The number of nitrogens with zero attached hydrogens (tertiary/aromatic N) is 1. The molecule has 128 valence electrons. The highest BCUT2D eigenvalue weighted by Gasteiger charge is 2.22. The number of aliphatic hydroxyl groups excluding tert-OH is 1. The average molecular weight is 322 g/mol. The summed E-state index contributed by atoms with van der Waals surface area (Å²) in [5.74, 6) is 0.266. The van der Waals surface area contributed by atoms with E-state index in [1.807, 2.05) is 6.92 Å². The zero-order valence-electron chi connectivity index (χ0n) is 13.8. The number of likely N-dealkylation sites (tertiary alicyclic amines) is 1. The third kappa shape index (κ3) is 5.92. The van der Waals surface area contributed by atoms with Crippen molar-refractivity contribution in [3.8, 4) is 0 Å². The Morgan fingerprint density at radius 1 is 1.43 bits per heavy atom. The fourth-order valence-electron chi connectivity index (χ4n) is 3.09. The molecule has 0 spiro atoms. The molecular weight excluding hydrogens is 295 g/mol. The van der Waals surface area contributed by atoms with Gasteiger partial charge in [0.1, 0.15) is 5.82 Å². The van der Waals surface area contributed by atoms with E-state index in [9.17, 15) is 14.3 Å². The number of hydrogen-bond acceptors (Lipinski definition) is 3. The first kappa shape index (κ1) is 17.9. The lowest BCUT2D eigenvalue weighted by atomic mass is 9.97. The summed E-state index contributed by atoms with van der Waals surface area (Å²) in [6, 6.07) is 6.01. The fourth-order valence-corrected chi connectivity index (χ4v) is 3.09. The molecule has 0 aliphatic carbocycles. The minimum absolute atomic E-state index is 0.121. The summed E-state index contributed by atoms with van der Waals surface area (Å²) in [7, 11) is 0. The highest BCUT2D eigenvalue weighted by atomic mass is 19.1. The lowest BCUT2D eigenvalue weighted by Gasteiger charge is -2.34. The molecule has 0 saturated carbocycles. The highest BCUT2D eigenvalue weighted by Crippen LogP contribution is 2.20. The van der Waals surface area contributed by atoms with Crippen molar-refractivity contribution < 1.29 is 14.3 Å². The zero-order valence-corrected chi connectivity index (χ0v) is 13.8. The smallest absolute Gasteiger partial charge is 0.219 e. The number of piperidine rings is 1. The Balaban J connectivity index is 1.79. The number of amides is 1. The number of rotatable bonds is 7. The maximum Gasteiger partial charge on any atom is 0.219 e. The second kappa shape index (κ2) is 8.99. The second-order valence-electron chi connectivity index (χ2n) is 6.39. The summed E-state index contributed by atoms with van der Waals surface area (Å²) in [4.78, 5) is 13.8. The molecule has 2 atom stereocenters. The Bertz CT molecular complexity index is 492. The molecule has 0 aromatic heterocycles. The van der Waals surface area contributed by atoms with Crippen LogP contribution in [0.5, 0.6) is 0 Å². The molecule has 2 rings (SSSR count). The summed E-state index contributed by atoms with van der Waals surface area (Å²) in [5.41, 5.74) is 0.741. The molecule has 23 heavy (non-hydrogen) atoms. The first-order valence-electron chi connectivity index (χ1n) is 8.51. The van der Waals surface area contributed by atoms with E-state index in [-0.39, 0.29) is 11.7 Å². The van der Waals surface area contributed by atoms with Crippen molar-refractivity contribution >= 4 is 5.91 Å². The van der Waals surface area contributed by atoms with Gasteiger partial charge in [-0.05, 0) is 49.4 Å². The van der Waals surface area contributed by atoms with Gasteiger partial charge in [0.2, 0.25) is 5.91 Å². The summed E-state index contributed by atoms with van der Waals surface area (Å²) in [5, 5.41) is 13.3. The quantitative estimate of drug-likeness (QED) is 0.811. The number of halogens is 1. The molecule has 1 amide bonds. The fraction of sp³-hybridized carbons (Fsp3) is 0.611. The van der Waals surface area contributed by atoms with Crippen LogP contribution in [0.1, 0.15) is 44.3 Å². The SMILES string of the molecule is CCCC(=O)NCC1CCCN(CC(O)c2ccc(F)cc2)C1. The van der Waals surface area contributed by atoms with E-state index >= 15 is 0 Å². The third-order valence-electron chi connectivity index (χ3n) is 4.35. The van der Waals surface area contributed by atoms with E-state index in [0.29, 0.717) is 25.4 Å². The van der Waals surface area contributed by atoms with Crippen molar-refractivity contribution in [2.45, 2.75) is 38.7 Å². The van der Waals surface area contributed by atoms with Crippen molar-refractivity contribution in [1.29, 1.82) is 0 Å². The van der Waals surface area contributed by atoms with E-state index in [4.69, 9.17) is 0 Å². The molecule has 1 aliphatic rings. The lowest BCUT2D eigenvalue weighted by molar-refractivity contribution is -0.121. The molecule has 2 unspecified atom stereocenters. The van der Waals surface area contributed by atoms with Gasteiger partial charge < -0.3 is 15.3 Å². The van der Waals surface area contributed by atoms with Crippen LogP contribution in [-0.4, -0.2) is 42.1 Å². The van der Waals surface area contributed by atoms with Crippen LogP contribution in [0, 0.1) is 11.7 Å². The van der Waals surface area contributed by atoms with Gasteiger partial charge in [0, 0.05) is 26.1 Å². The molecule has 1 fully saturated rings. The van der Waals surface area contributed by atoms with Crippen molar-refractivity contribution in [1.82, 2.24) is 10.2 Å². The van der Waals surface area contributed by atoms with Crippen LogP contribution >= 0.6 is 0 Å². The van der Waals surface area contributed by atoms with E-state index in [0.717, 1.165) is 37.9 Å². The van der Waals surface area contributed by atoms with Gasteiger partial charge in [-0.2, -0.15) is 0 Å². The molecule has 0 radical (unpaired) electrons.